The lowest BCUT2D eigenvalue weighted by Gasteiger charge is -2.08. The zero-order valence-electron chi connectivity index (χ0n) is 18.8. The van der Waals surface area contributed by atoms with Crippen molar-refractivity contribution in [1.82, 2.24) is 0 Å². The summed E-state index contributed by atoms with van der Waals surface area (Å²) in [4.78, 5) is 0. The monoisotopic (exact) mass is 476 g/mol. The predicted molar refractivity (Wildman–Crippen MR) is 129 cm³/mol. The molecule has 0 atom stereocenters. The average Bonchev–Trinajstić information content (AvgIpc) is 2.84. The van der Waals surface area contributed by atoms with E-state index in [2.05, 4.69) is 18.4 Å². The standard InChI is InChI=1S/C30H21F5/c1-2-3-4-21-17-28(33)25(29(34)18-21)13-8-20-6-10-22(27(32)16-20)9-5-19-7-12-24-23(15-19)11-14-26(31)30(24)35/h2,6-7,10-12,14-18H,1,3-4,8,13H2. The van der Waals surface area contributed by atoms with Gasteiger partial charge in [0.25, 0.3) is 0 Å². The molecule has 0 bridgehead atoms. The number of fused-ring (bicyclic) bond motifs is 1. The fourth-order valence-electron chi connectivity index (χ4n) is 3.87. The second-order valence-electron chi connectivity index (χ2n) is 8.23. The molecule has 0 N–H and O–H groups in total. The Morgan fingerprint density at radius 2 is 1.40 bits per heavy atom. The van der Waals surface area contributed by atoms with Gasteiger partial charge in [0.1, 0.15) is 17.5 Å². The first-order valence-electron chi connectivity index (χ1n) is 11.1. The van der Waals surface area contributed by atoms with Crippen LogP contribution in [-0.4, -0.2) is 0 Å². The molecule has 0 amide bonds. The van der Waals surface area contributed by atoms with Crippen molar-refractivity contribution >= 4 is 10.8 Å². The minimum Gasteiger partial charge on any atom is -0.207 e. The highest BCUT2D eigenvalue weighted by Gasteiger charge is 2.12. The second-order valence-corrected chi connectivity index (χ2v) is 8.23. The summed E-state index contributed by atoms with van der Waals surface area (Å²) < 4.78 is 70.6. The molecule has 0 unspecified atom stereocenters. The third kappa shape index (κ3) is 5.60. The van der Waals surface area contributed by atoms with Crippen molar-refractivity contribution in [3.63, 3.8) is 0 Å². The smallest absolute Gasteiger partial charge is 0.166 e. The van der Waals surface area contributed by atoms with Crippen LogP contribution in [0.2, 0.25) is 0 Å². The fourth-order valence-corrected chi connectivity index (χ4v) is 3.87. The summed E-state index contributed by atoms with van der Waals surface area (Å²) >= 11 is 0. The van der Waals surface area contributed by atoms with E-state index in [1.807, 2.05) is 0 Å². The first-order chi connectivity index (χ1) is 16.9. The Hall–Kier alpha value is -3.91. The molecule has 0 aromatic heterocycles. The third-order valence-electron chi connectivity index (χ3n) is 5.78. The summed E-state index contributed by atoms with van der Waals surface area (Å²) in [7, 11) is 0. The number of hydrogen-bond acceptors (Lipinski definition) is 0. The van der Waals surface area contributed by atoms with Crippen LogP contribution in [0.3, 0.4) is 0 Å². The Morgan fingerprint density at radius 1 is 0.657 bits per heavy atom. The van der Waals surface area contributed by atoms with Crippen molar-refractivity contribution in [2.45, 2.75) is 25.7 Å². The Labute approximate surface area is 200 Å². The summed E-state index contributed by atoms with van der Waals surface area (Å²) in [6, 6.07) is 14.2. The van der Waals surface area contributed by atoms with Crippen LogP contribution >= 0.6 is 0 Å². The van der Waals surface area contributed by atoms with Gasteiger partial charge in [-0.15, -0.1) is 6.58 Å². The Kier molecular flexibility index (Phi) is 7.31. The van der Waals surface area contributed by atoms with Gasteiger partial charge in [-0.25, -0.2) is 22.0 Å². The topological polar surface area (TPSA) is 0 Å². The maximum atomic E-state index is 14.6. The summed E-state index contributed by atoms with van der Waals surface area (Å²) in [5.74, 6) is 1.96. The molecule has 0 aliphatic rings. The molecule has 0 aliphatic heterocycles. The van der Waals surface area contributed by atoms with Crippen LogP contribution in [0.4, 0.5) is 22.0 Å². The van der Waals surface area contributed by atoms with Crippen LogP contribution in [0, 0.1) is 40.9 Å². The molecule has 35 heavy (non-hydrogen) atoms. The van der Waals surface area contributed by atoms with Gasteiger partial charge in [-0.1, -0.05) is 36.1 Å². The van der Waals surface area contributed by atoms with Crippen molar-refractivity contribution < 1.29 is 22.0 Å². The van der Waals surface area contributed by atoms with Gasteiger partial charge in [-0.3, -0.25) is 0 Å². The number of hydrogen-bond donors (Lipinski definition) is 0. The van der Waals surface area contributed by atoms with Crippen LogP contribution < -0.4 is 0 Å². The average molecular weight is 476 g/mol. The van der Waals surface area contributed by atoms with Crippen molar-refractivity contribution in [2.24, 2.45) is 0 Å². The van der Waals surface area contributed by atoms with E-state index in [0.29, 0.717) is 34.9 Å². The number of aryl methyl sites for hydroxylation is 2. The largest absolute Gasteiger partial charge is 0.207 e. The molecule has 0 aliphatic carbocycles. The highest BCUT2D eigenvalue weighted by atomic mass is 19.2. The van der Waals surface area contributed by atoms with E-state index in [4.69, 9.17) is 0 Å². The fraction of sp³-hybridized carbons (Fsp3) is 0.133. The lowest BCUT2D eigenvalue weighted by Crippen LogP contribution is -2.01. The number of benzene rings is 4. The van der Waals surface area contributed by atoms with E-state index in [9.17, 15) is 22.0 Å². The minimum atomic E-state index is -0.926. The molecule has 0 nitrogen and oxygen atoms in total. The van der Waals surface area contributed by atoms with Gasteiger partial charge in [0.15, 0.2) is 11.6 Å². The molecule has 4 aromatic carbocycles. The highest BCUT2D eigenvalue weighted by molar-refractivity contribution is 5.84. The summed E-state index contributed by atoms with van der Waals surface area (Å²) in [5, 5.41) is 0.630. The van der Waals surface area contributed by atoms with Gasteiger partial charge < -0.3 is 0 Å². The van der Waals surface area contributed by atoms with E-state index in [0.717, 1.165) is 6.07 Å². The van der Waals surface area contributed by atoms with Crippen molar-refractivity contribution in [3.8, 4) is 11.8 Å². The molecule has 176 valence electrons. The molecule has 4 rings (SSSR count). The molecule has 0 fully saturated rings. The van der Waals surface area contributed by atoms with Gasteiger partial charge in [0.05, 0.1) is 5.56 Å². The zero-order valence-corrected chi connectivity index (χ0v) is 18.8. The molecule has 0 spiro atoms. The van der Waals surface area contributed by atoms with Crippen LogP contribution in [0.1, 0.15) is 34.2 Å². The van der Waals surface area contributed by atoms with Crippen LogP contribution in [-0.2, 0) is 19.3 Å². The third-order valence-corrected chi connectivity index (χ3v) is 5.78. The highest BCUT2D eigenvalue weighted by Crippen LogP contribution is 2.22. The van der Waals surface area contributed by atoms with Crippen molar-refractivity contribution in [1.29, 1.82) is 0 Å². The molecule has 0 heterocycles. The van der Waals surface area contributed by atoms with Crippen LogP contribution in [0.5, 0.6) is 0 Å². The molecular formula is C30H21F5. The number of halogens is 5. The molecule has 0 saturated carbocycles. The minimum absolute atomic E-state index is 0.0238. The Morgan fingerprint density at radius 3 is 2.11 bits per heavy atom. The summed E-state index contributed by atoms with van der Waals surface area (Å²) in [6.07, 6.45) is 3.19. The normalized spacial score (nSPS) is 10.8. The van der Waals surface area contributed by atoms with Crippen LogP contribution in [0.25, 0.3) is 10.8 Å². The molecule has 0 radical (unpaired) electrons. The number of rotatable bonds is 6. The Balaban J connectivity index is 1.47. The van der Waals surface area contributed by atoms with E-state index in [1.54, 1.807) is 18.2 Å². The SMILES string of the molecule is C=CCCc1cc(F)c(CCc2ccc(C#Cc3ccc4c(F)c(F)ccc4c3)c(F)c2)c(F)c1. The van der Waals surface area contributed by atoms with Gasteiger partial charge >= 0.3 is 0 Å². The van der Waals surface area contributed by atoms with E-state index < -0.39 is 29.1 Å². The molecular weight excluding hydrogens is 455 g/mol. The van der Waals surface area contributed by atoms with Gasteiger partial charge in [0, 0.05) is 16.5 Å². The second kappa shape index (κ2) is 10.6. The molecule has 0 saturated heterocycles. The van der Waals surface area contributed by atoms with Crippen LogP contribution in [0.15, 0.2) is 73.3 Å². The predicted octanol–water partition coefficient (Wildman–Crippen LogP) is 7.84. The van der Waals surface area contributed by atoms with Gasteiger partial charge in [-0.2, -0.15) is 0 Å². The number of allylic oxidation sites excluding steroid dienone is 1. The zero-order chi connectivity index (χ0) is 24.9. The summed E-state index contributed by atoms with van der Waals surface area (Å²) in [6.45, 7) is 3.61. The molecule has 5 heteroatoms. The van der Waals surface area contributed by atoms with E-state index in [-0.39, 0.29) is 29.4 Å². The lowest BCUT2D eigenvalue weighted by atomic mass is 9.99. The summed E-state index contributed by atoms with van der Waals surface area (Å²) in [5.41, 5.74) is 1.81. The Bertz CT molecular complexity index is 1450. The van der Waals surface area contributed by atoms with Gasteiger partial charge in [-0.05, 0) is 84.7 Å². The first kappa shape index (κ1) is 24.2. The van der Waals surface area contributed by atoms with Gasteiger partial charge in [0.2, 0.25) is 0 Å². The van der Waals surface area contributed by atoms with E-state index in [1.165, 1.54) is 42.5 Å². The maximum Gasteiger partial charge on any atom is 0.166 e. The first-order valence-corrected chi connectivity index (χ1v) is 11.1. The lowest BCUT2D eigenvalue weighted by molar-refractivity contribution is 0.517. The quantitative estimate of drug-likeness (QED) is 0.151. The van der Waals surface area contributed by atoms with Crippen molar-refractivity contribution in [2.75, 3.05) is 0 Å². The molecule has 4 aromatic rings. The van der Waals surface area contributed by atoms with Crippen molar-refractivity contribution in [3.05, 3.63) is 130 Å². The maximum absolute atomic E-state index is 14.6. The van der Waals surface area contributed by atoms with E-state index >= 15 is 0 Å².